The lowest BCUT2D eigenvalue weighted by Gasteiger charge is -2.57. The van der Waals surface area contributed by atoms with Crippen molar-refractivity contribution in [2.24, 2.45) is 17.8 Å². The molecule has 1 aromatic rings. The molecular weight excluding hydrogens is 380 g/mol. The van der Waals surface area contributed by atoms with E-state index in [9.17, 15) is 9.59 Å². The van der Waals surface area contributed by atoms with Gasteiger partial charge in [-0.3, -0.25) is 19.8 Å². The molecule has 1 atom stereocenters. The average molecular weight is 413 g/mol. The number of amides is 2. The molecule has 1 heterocycles. The molecule has 6 heteroatoms. The number of hydrogen-bond donors (Lipinski definition) is 1. The highest BCUT2D eigenvalue weighted by molar-refractivity contribution is 6.05. The van der Waals surface area contributed by atoms with Crippen molar-refractivity contribution in [1.29, 1.82) is 0 Å². The van der Waals surface area contributed by atoms with Gasteiger partial charge < -0.3 is 9.47 Å². The monoisotopic (exact) mass is 412 g/mol. The van der Waals surface area contributed by atoms with Gasteiger partial charge in [0.05, 0.1) is 26.7 Å². The summed E-state index contributed by atoms with van der Waals surface area (Å²) in [5.41, 5.74) is 1.11. The summed E-state index contributed by atoms with van der Waals surface area (Å²) in [7, 11) is 3.21. The van der Waals surface area contributed by atoms with Crippen LogP contribution in [0.4, 0.5) is 0 Å². The minimum Gasteiger partial charge on any atom is -0.493 e. The van der Waals surface area contributed by atoms with Crippen LogP contribution in [-0.2, 0) is 16.0 Å². The molecule has 4 bridgehead atoms. The van der Waals surface area contributed by atoms with Crippen LogP contribution in [0.25, 0.3) is 0 Å². The van der Waals surface area contributed by atoms with Crippen LogP contribution in [0.15, 0.2) is 18.2 Å². The van der Waals surface area contributed by atoms with Crippen molar-refractivity contribution >= 4 is 11.8 Å². The van der Waals surface area contributed by atoms with Crippen LogP contribution in [0.3, 0.4) is 0 Å². The quantitative estimate of drug-likeness (QED) is 0.698. The zero-order valence-electron chi connectivity index (χ0n) is 18.0. The molecule has 162 valence electrons. The first-order chi connectivity index (χ1) is 14.5. The number of likely N-dealkylation sites (tertiary alicyclic amines) is 1. The van der Waals surface area contributed by atoms with E-state index < -0.39 is 0 Å². The van der Waals surface area contributed by atoms with E-state index in [2.05, 4.69) is 5.32 Å². The van der Waals surface area contributed by atoms with Gasteiger partial charge in [-0.25, -0.2) is 0 Å². The fourth-order valence-corrected chi connectivity index (χ4v) is 6.96. The Kier molecular flexibility index (Phi) is 5.00. The van der Waals surface area contributed by atoms with Crippen LogP contribution in [0.1, 0.15) is 50.5 Å². The Morgan fingerprint density at radius 2 is 1.63 bits per heavy atom. The largest absolute Gasteiger partial charge is 0.493 e. The lowest BCUT2D eigenvalue weighted by Crippen LogP contribution is -2.61. The molecule has 0 aromatic heterocycles. The summed E-state index contributed by atoms with van der Waals surface area (Å²) < 4.78 is 10.6. The van der Waals surface area contributed by atoms with Crippen LogP contribution in [0.5, 0.6) is 11.5 Å². The Labute approximate surface area is 178 Å². The van der Waals surface area contributed by atoms with E-state index in [1.165, 1.54) is 43.4 Å². The highest BCUT2D eigenvalue weighted by Crippen LogP contribution is 2.55. The number of carbonyl (C=O) groups excluding carboxylic acids is 2. The minimum atomic E-state index is -0.348. The fourth-order valence-electron chi connectivity index (χ4n) is 6.96. The van der Waals surface area contributed by atoms with Gasteiger partial charge in [0.25, 0.3) is 0 Å². The number of rotatable bonds is 7. The van der Waals surface area contributed by atoms with Crippen molar-refractivity contribution < 1.29 is 19.1 Å². The SMILES string of the molecule is COc1ccc(CCN2C(=O)C[C@H](NC34CC5CC(CC(C5)C3)C4)C2=O)cc1OC. The summed E-state index contributed by atoms with van der Waals surface area (Å²) in [6.07, 6.45) is 8.57. The maximum absolute atomic E-state index is 13.1. The van der Waals surface area contributed by atoms with Crippen molar-refractivity contribution in [2.45, 2.75) is 62.9 Å². The summed E-state index contributed by atoms with van der Waals surface area (Å²) in [6, 6.07) is 5.38. The van der Waals surface area contributed by atoms with Gasteiger partial charge in [0.2, 0.25) is 11.8 Å². The van der Waals surface area contributed by atoms with E-state index in [1.807, 2.05) is 18.2 Å². The van der Waals surface area contributed by atoms with E-state index in [4.69, 9.17) is 9.47 Å². The number of methoxy groups -OCH3 is 2. The van der Waals surface area contributed by atoms with Gasteiger partial charge in [-0.2, -0.15) is 0 Å². The van der Waals surface area contributed by atoms with E-state index in [0.29, 0.717) is 30.9 Å². The zero-order chi connectivity index (χ0) is 20.9. The molecule has 1 aromatic carbocycles. The average Bonchev–Trinajstić information content (AvgIpc) is 2.97. The van der Waals surface area contributed by atoms with Gasteiger partial charge in [0.1, 0.15) is 0 Å². The third-order valence-corrected chi connectivity index (χ3v) is 7.83. The number of benzene rings is 1. The van der Waals surface area contributed by atoms with Crippen LogP contribution < -0.4 is 14.8 Å². The van der Waals surface area contributed by atoms with E-state index in [1.54, 1.807) is 14.2 Å². The molecule has 6 rings (SSSR count). The second-order valence-corrected chi connectivity index (χ2v) is 9.92. The first-order valence-electron chi connectivity index (χ1n) is 11.3. The molecule has 0 unspecified atom stereocenters. The van der Waals surface area contributed by atoms with Crippen molar-refractivity contribution in [1.82, 2.24) is 10.2 Å². The van der Waals surface area contributed by atoms with Crippen molar-refractivity contribution in [2.75, 3.05) is 20.8 Å². The summed E-state index contributed by atoms with van der Waals surface area (Å²) in [5, 5.41) is 3.72. The van der Waals surface area contributed by atoms with Gasteiger partial charge >= 0.3 is 0 Å². The van der Waals surface area contributed by atoms with Crippen LogP contribution in [0.2, 0.25) is 0 Å². The molecule has 0 radical (unpaired) electrons. The number of nitrogens with zero attached hydrogens (tertiary/aromatic N) is 1. The highest BCUT2D eigenvalue weighted by Gasteiger charge is 2.53. The molecule has 30 heavy (non-hydrogen) atoms. The Hall–Kier alpha value is -2.08. The third kappa shape index (κ3) is 3.49. The Morgan fingerprint density at radius 3 is 2.23 bits per heavy atom. The molecule has 5 fully saturated rings. The van der Waals surface area contributed by atoms with Gasteiger partial charge in [0.15, 0.2) is 11.5 Å². The number of carbonyl (C=O) groups is 2. The normalized spacial score (nSPS) is 34.7. The number of imide groups is 1. The minimum absolute atomic E-state index is 0.0452. The summed E-state index contributed by atoms with van der Waals surface area (Å²) in [5.74, 6) is 3.69. The Morgan fingerprint density at radius 1 is 1.00 bits per heavy atom. The first-order valence-corrected chi connectivity index (χ1v) is 11.3. The van der Waals surface area contributed by atoms with E-state index in [-0.39, 0.29) is 23.4 Å². The van der Waals surface area contributed by atoms with Crippen molar-refractivity contribution in [3.8, 4) is 11.5 Å². The predicted octanol–water partition coefficient (Wildman–Crippen LogP) is 2.93. The van der Waals surface area contributed by atoms with Crippen molar-refractivity contribution in [3.05, 3.63) is 23.8 Å². The van der Waals surface area contributed by atoms with Crippen LogP contribution in [0, 0.1) is 17.8 Å². The maximum atomic E-state index is 13.1. The molecule has 4 saturated carbocycles. The van der Waals surface area contributed by atoms with E-state index in [0.717, 1.165) is 23.3 Å². The number of hydrogen-bond acceptors (Lipinski definition) is 5. The molecule has 4 aliphatic carbocycles. The van der Waals surface area contributed by atoms with Gasteiger partial charge in [0, 0.05) is 12.1 Å². The van der Waals surface area contributed by atoms with Gasteiger partial charge in [-0.05, 0) is 80.4 Å². The molecule has 2 amide bonds. The second-order valence-electron chi connectivity index (χ2n) is 9.92. The third-order valence-electron chi connectivity index (χ3n) is 7.83. The summed E-state index contributed by atoms with van der Waals surface area (Å²) >= 11 is 0. The topological polar surface area (TPSA) is 67.9 Å². The zero-order valence-corrected chi connectivity index (χ0v) is 18.0. The van der Waals surface area contributed by atoms with Gasteiger partial charge in [-0.1, -0.05) is 6.07 Å². The molecule has 1 N–H and O–H groups in total. The lowest BCUT2D eigenvalue weighted by molar-refractivity contribution is -0.139. The molecule has 6 nitrogen and oxygen atoms in total. The first kappa shape index (κ1) is 19.9. The summed E-state index contributed by atoms with van der Waals surface area (Å²) in [6.45, 7) is 0.409. The highest BCUT2D eigenvalue weighted by atomic mass is 16.5. The fraction of sp³-hybridized carbons (Fsp3) is 0.667. The van der Waals surface area contributed by atoms with E-state index >= 15 is 0 Å². The Bertz CT molecular complexity index is 816. The maximum Gasteiger partial charge on any atom is 0.246 e. The van der Waals surface area contributed by atoms with Crippen LogP contribution >= 0.6 is 0 Å². The lowest BCUT2D eigenvalue weighted by atomic mass is 9.53. The second kappa shape index (κ2) is 7.56. The molecule has 5 aliphatic rings. The molecule has 0 spiro atoms. The van der Waals surface area contributed by atoms with Crippen molar-refractivity contribution in [3.63, 3.8) is 0 Å². The predicted molar refractivity (Wildman–Crippen MR) is 112 cm³/mol. The Balaban J connectivity index is 1.23. The van der Waals surface area contributed by atoms with Crippen LogP contribution in [-0.4, -0.2) is 49.1 Å². The standard InChI is InChI=1S/C24H32N2O4/c1-29-20-4-3-15(10-21(20)30-2)5-6-26-22(27)11-19(23(26)28)25-24-12-16-7-17(13-24)9-18(8-16)14-24/h3-4,10,16-19,25H,5-9,11-14H2,1-2H3/t16?,17?,18?,19-,24?/m0/s1. The van der Waals surface area contributed by atoms with Gasteiger partial charge in [-0.15, -0.1) is 0 Å². The molecular formula is C24H32N2O4. The number of ether oxygens (including phenoxy) is 2. The smallest absolute Gasteiger partial charge is 0.246 e. The number of nitrogens with one attached hydrogen (secondary N) is 1. The molecule has 1 saturated heterocycles. The summed E-state index contributed by atoms with van der Waals surface area (Å²) in [4.78, 5) is 27.2. The molecule has 1 aliphatic heterocycles.